The Kier molecular flexibility index (Phi) is 6.35. The van der Waals surface area contributed by atoms with Crippen molar-refractivity contribution in [2.45, 2.75) is 25.1 Å². The SMILES string of the molecule is O=C1Nc2ccccc2C(c2ccccc2)=NC1Nc1nnc(-c2ccccc2OC2CCOCC2)o1. The van der Waals surface area contributed by atoms with Crippen LogP contribution in [0.3, 0.4) is 0 Å². The van der Waals surface area contributed by atoms with Crippen molar-refractivity contribution in [1.82, 2.24) is 10.2 Å². The van der Waals surface area contributed by atoms with Gasteiger partial charge in [0.05, 0.1) is 30.2 Å². The zero-order valence-electron chi connectivity index (χ0n) is 20.0. The lowest BCUT2D eigenvalue weighted by atomic mass is 10.0. The lowest BCUT2D eigenvalue weighted by Crippen LogP contribution is -2.32. The number of hydrogen-bond donors (Lipinski definition) is 2. The zero-order valence-corrected chi connectivity index (χ0v) is 20.0. The molecule has 9 heteroatoms. The lowest BCUT2D eigenvalue weighted by Gasteiger charge is -2.24. The van der Waals surface area contributed by atoms with Crippen LogP contribution in [0.1, 0.15) is 24.0 Å². The van der Waals surface area contributed by atoms with Gasteiger partial charge in [0.25, 0.3) is 11.8 Å². The average molecular weight is 496 g/mol. The summed E-state index contributed by atoms with van der Waals surface area (Å²) in [7, 11) is 0. The van der Waals surface area contributed by atoms with Gasteiger partial charge >= 0.3 is 6.01 Å². The highest BCUT2D eigenvalue weighted by Gasteiger charge is 2.27. The Morgan fingerprint density at radius 1 is 0.865 bits per heavy atom. The van der Waals surface area contributed by atoms with Crippen molar-refractivity contribution in [2.24, 2.45) is 4.99 Å². The molecule has 1 atom stereocenters. The van der Waals surface area contributed by atoms with E-state index >= 15 is 0 Å². The molecule has 1 amide bonds. The Balaban J connectivity index is 1.28. The van der Waals surface area contributed by atoms with E-state index in [1.165, 1.54) is 0 Å². The molecule has 4 aromatic rings. The summed E-state index contributed by atoms with van der Waals surface area (Å²) in [5.41, 5.74) is 3.77. The number of benzodiazepines with no additional fused rings is 1. The smallest absolute Gasteiger partial charge is 0.317 e. The molecule has 1 unspecified atom stereocenters. The number of anilines is 2. The standard InChI is InChI=1S/C28H25N5O4/c34-26-25(30-24(18-8-2-1-3-9-18)20-10-4-6-12-22(20)29-26)31-28-33-32-27(37-28)21-11-5-7-13-23(21)36-19-14-16-35-17-15-19/h1-13,19,25H,14-17H2,(H,29,34)(H,31,33). The fourth-order valence-electron chi connectivity index (χ4n) is 4.41. The van der Waals surface area contributed by atoms with Gasteiger partial charge in [-0.15, -0.1) is 5.10 Å². The van der Waals surface area contributed by atoms with Crippen molar-refractivity contribution in [3.05, 3.63) is 90.0 Å². The summed E-state index contributed by atoms with van der Waals surface area (Å²) < 4.78 is 17.6. The maximum absolute atomic E-state index is 13.1. The maximum Gasteiger partial charge on any atom is 0.317 e. The van der Waals surface area contributed by atoms with Gasteiger partial charge in [-0.3, -0.25) is 4.79 Å². The number of carbonyl (C=O) groups is 1. The van der Waals surface area contributed by atoms with Crippen molar-refractivity contribution in [3.63, 3.8) is 0 Å². The Labute approximate surface area is 213 Å². The number of nitrogens with zero attached hydrogens (tertiary/aromatic N) is 3. The molecule has 2 aliphatic rings. The number of carbonyl (C=O) groups excluding carboxylic acids is 1. The van der Waals surface area contributed by atoms with E-state index in [9.17, 15) is 4.79 Å². The van der Waals surface area contributed by atoms with Crippen LogP contribution in [0.25, 0.3) is 11.5 Å². The van der Waals surface area contributed by atoms with Crippen LogP contribution >= 0.6 is 0 Å². The average Bonchev–Trinajstić information content (AvgIpc) is 3.35. The first kappa shape index (κ1) is 22.9. The molecule has 37 heavy (non-hydrogen) atoms. The van der Waals surface area contributed by atoms with E-state index in [0.29, 0.717) is 35.9 Å². The van der Waals surface area contributed by atoms with Crippen molar-refractivity contribution < 1.29 is 18.7 Å². The van der Waals surface area contributed by atoms with Gasteiger partial charge in [-0.1, -0.05) is 65.8 Å². The van der Waals surface area contributed by atoms with Crippen LogP contribution in [0.5, 0.6) is 5.75 Å². The minimum absolute atomic E-state index is 0.0671. The molecular formula is C28H25N5O4. The summed E-state index contributed by atoms with van der Waals surface area (Å²) >= 11 is 0. The number of rotatable bonds is 6. The molecule has 2 aliphatic heterocycles. The molecule has 9 nitrogen and oxygen atoms in total. The first-order valence-corrected chi connectivity index (χ1v) is 12.2. The van der Waals surface area contributed by atoms with Crippen LogP contribution < -0.4 is 15.4 Å². The Hall–Kier alpha value is -4.50. The van der Waals surface area contributed by atoms with Crippen LogP contribution in [0, 0.1) is 0 Å². The first-order chi connectivity index (χ1) is 18.2. The molecule has 3 heterocycles. The van der Waals surface area contributed by atoms with Gasteiger partial charge in [-0.05, 0) is 18.2 Å². The van der Waals surface area contributed by atoms with Gasteiger partial charge in [0.1, 0.15) is 11.9 Å². The maximum atomic E-state index is 13.1. The first-order valence-electron chi connectivity index (χ1n) is 12.2. The predicted octanol–water partition coefficient (Wildman–Crippen LogP) is 4.52. The Bertz CT molecular complexity index is 1430. The van der Waals surface area contributed by atoms with Gasteiger partial charge in [-0.2, -0.15) is 0 Å². The predicted molar refractivity (Wildman–Crippen MR) is 139 cm³/mol. The molecule has 1 saturated heterocycles. The third-order valence-corrected chi connectivity index (χ3v) is 6.26. The number of hydrogen-bond acceptors (Lipinski definition) is 8. The van der Waals surface area contributed by atoms with Gasteiger partial charge < -0.3 is 24.5 Å². The molecular weight excluding hydrogens is 470 g/mol. The number of ether oxygens (including phenoxy) is 2. The number of aromatic nitrogens is 2. The van der Waals surface area contributed by atoms with Crippen molar-refractivity contribution in [2.75, 3.05) is 23.8 Å². The van der Waals surface area contributed by atoms with Gasteiger partial charge in [0.2, 0.25) is 6.17 Å². The quantitative estimate of drug-likeness (QED) is 0.405. The molecule has 186 valence electrons. The summed E-state index contributed by atoms with van der Waals surface area (Å²) in [5.74, 6) is 0.618. The zero-order chi connectivity index (χ0) is 25.0. The van der Waals surface area contributed by atoms with E-state index in [4.69, 9.17) is 18.9 Å². The molecule has 2 N–H and O–H groups in total. The van der Waals surface area contributed by atoms with E-state index in [-0.39, 0.29) is 23.9 Å². The second-order valence-electron chi connectivity index (χ2n) is 8.76. The number of nitrogens with one attached hydrogen (secondary N) is 2. The highest BCUT2D eigenvalue weighted by Crippen LogP contribution is 2.32. The minimum atomic E-state index is -0.982. The summed E-state index contributed by atoms with van der Waals surface area (Å²) in [4.78, 5) is 17.9. The molecule has 0 saturated carbocycles. The highest BCUT2D eigenvalue weighted by molar-refractivity contribution is 6.19. The van der Waals surface area contributed by atoms with Crippen LogP contribution in [0.15, 0.2) is 88.3 Å². The molecule has 1 fully saturated rings. The van der Waals surface area contributed by atoms with Crippen LogP contribution in [-0.2, 0) is 9.53 Å². The Morgan fingerprint density at radius 3 is 2.43 bits per heavy atom. The molecule has 0 radical (unpaired) electrons. The fraction of sp³-hybridized carbons (Fsp3) is 0.214. The van der Waals surface area contributed by atoms with Crippen LogP contribution in [0.4, 0.5) is 11.7 Å². The molecule has 3 aromatic carbocycles. The normalized spacial score (nSPS) is 17.8. The van der Waals surface area contributed by atoms with E-state index < -0.39 is 6.17 Å². The molecule has 1 aromatic heterocycles. The minimum Gasteiger partial charge on any atom is -0.489 e. The summed E-state index contributed by atoms with van der Waals surface area (Å²) in [6.07, 6.45) is 0.736. The highest BCUT2D eigenvalue weighted by atomic mass is 16.5. The third kappa shape index (κ3) is 4.94. The molecule has 6 rings (SSSR count). The van der Waals surface area contributed by atoms with Crippen molar-refractivity contribution >= 4 is 23.3 Å². The molecule has 0 aliphatic carbocycles. The monoisotopic (exact) mass is 495 g/mol. The van der Waals surface area contributed by atoms with E-state index in [0.717, 1.165) is 24.0 Å². The van der Waals surface area contributed by atoms with Crippen LogP contribution in [0.2, 0.25) is 0 Å². The van der Waals surface area contributed by atoms with E-state index in [1.54, 1.807) is 0 Å². The number of amides is 1. The number of fused-ring (bicyclic) bond motifs is 1. The molecule has 0 bridgehead atoms. The second kappa shape index (κ2) is 10.2. The number of aliphatic imine (C=N–C) groups is 1. The number of benzene rings is 3. The Morgan fingerprint density at radius 2 is 1.59 bits per heavy atom. The van der Waals surface area contributed by atoms with Gasteiger partial charge in [0.15, 0.2) is 0 Å². The van der Waals surface area contributed by atoms with E-state index in [2.05, 4.69) is 20.8 Å². The summed E-state index contributed by atoms with van der Waals surface area (Å²) in [6.45, 7) is 1.36. The fourth-order valence-corrected chi connectivity index (χ4v) is 4.41. The molecule has 0 spiro atoms. The van der Waals surface area contributed by atoms with Crippen LogP contribution in [-0.4, -0.2) is 47.3 Å². The van der Waals surface area contributed by atoms with Crippen molar-refractivity contribution in [1.29, 1.82) is 0 Å². The van der Waals surface area contributed by atoms with E-state index in [1.807, 2.05) is 78.9 Å². The summed E-state index contributed by atoms with van der Waals surface area (Å²) in [5, 5.41) is 14.3. The second-order valence-corrected chi connectivity index (χ2v) is 8.76. The van der Waals surface area contributed by atoms with Gasteiger partial charge in [-0.25, -0.2) is 4.99 Å². The number of para-hydroxylation sites is 2. The summed E-state index contributed by atoms with van der Waals surface area (Å²) in [6, 6.07) is 24.9. The lowest BCUT2D eigenvalue weighted by molar-refractivity contribution is -0.116. The topological polar surface area (TPSA) is 111 Å². The third-order valence-electron chi connectivity index (χ3n) is 6.26. The van der Waals surface area contributed by atoms with Crippen molar-refractivity contribution in [3.8, 4) is 17.2 Å². The van der Waals surface area contributed by atoms with Gasteiger partial charge in [0, 0.05) is 24.0 Å². The largest absolute Gasteiger partial charge is 0.489 e.